The van der Waals surface area contributed by atoms with Crippen LogP contribution in [0.2, 0.25) is 5.15 Å². The highest BCUT2D eigenvalue weighted by molar-refractivity contribution is 7.90. The molecule has 0 fully saturated rings. The van der Waals surface area contributed by atoms with E-state index in [4.69, 9.17) is 16.7 Å². The second kappa shape index (κ2) is 5.12. The summed E-state index contributed by atoms with van der Waals surface area (Å²) < 4.78 is 23.2. The highest BCUT2D eigenvalue weighted by atomic mass is 35.5. The molecule has 0 aliphatic carbocycles. The van der Waals surface area contributed by atoms with Crippen molar-refractivity contribution in [2.75, 3.05) is 5.75 Å². The van der Waals surface area contributed by atoms with Gasteiger partial charge < -0.3 is 5.11 Å². The number of aromatic nitrogens is 1. The molecule has 1 unspecified atom stereocenters. The average molecular weight is 264 g/mol. The van der Waals surface area contributed by atoms with Gasteiger partial charge in [0.05, 0.1) is 17.6 Å². The third kappa shape index (κ3) is 4.08. The minimum atomic E-state index is -3.30. The van der Waals surface area contributed by atoms with Crippen molar-refractivity contribution in [1.82, 2.24) is 4.98 Å². The molecule has 0 amide bonds. The lowest BCUT2D eigenvalue weighted by molar-refractivity contribution is 0.218. The summed E-state index contributed by atoms with van der Waals surface area (Å²) in [5, 5.41) is 9.42. The van der Waals surface area contributed by atoms with Crippen LogP contribution in [0.1, 0.15) is 18.1 Å². The number of nitrogens with zero attached hydrogens (tertiary/aromatic N) is 1. The Morgan fingerprint density at radius 1 is 1.56 bits per heavy atom. The van der Waals surface area contributed by atoms with E-state index in [1.165, 1.54) is 13.1 Å². The van der Waals surface area contributed by atoms with Crippen molar-refractivity contribution in [3.05, 3.63) is 28.5 Å². The third-order valence-electron chi connectivity index (χ3n) is 1.95. The number of rotatable bonds is 4. The molecule has 1 atom stereocenters. The smallest absolute Gasteiger partial charge is 0.157 e. The van der Waals surface area contributed by atoms with Crippen LogP contribution in [0, 0.1) is 6.92 Å². The normalized spacial score (nSPS) is 13.8. The quantitative estimate of drug-likeness (QED) is 0.833. The molecule has 0 saturated heterocycles. The summed E-state index contributed by atoms with van der Waals surface area (Å²) in [5.41, 5.74) is 1.33. The zero-order chi connectivity index (χ0) is 12.3. The van der Waals surface area contributed by atoms with Crippen LogP contribution >= 0.6 is 11.6 Å². The van der Waals surface area contributed by atoms with Crippen LogP contribution in [0.4, 0.5) is 0 Å². The fourth-order valence-electron chi connectivity index (χ4n) is 1.38. The SMILES string of the molecule is Cc1cc(CS(=O)(=O)CC(C)O)cnc1Cl. The van der Waals surface area contributed by atoms with Crippen molar-refractivity contribution in [3.63, 3.8) is 0 Å². The maximum atomic E-state index is 11.6. The number of hydrogen-bond donors (Lipinski definition) is 1. The molecule has 0 aromatic carbocycles. The Balaban J connectivity index is 2.84. The number of sulfone groups is 1. The monoisotopic (exact) mass is 263 g/mol. The first kappa shape index (κ1) is 13.4. The zero-order valence-electron chi connectivity index (χ0n) is 9.14. The molecule has 1 heterocycles. The predicted octanol–water partition coefficient (Wildman–Crippen LogP) is 1.34. The van der Waals surface area contributed by atoms with Gasteiger partial charge in [0.25, 0.3) is 0 Å². The van der Waals surface area contributed by atoms with Gasteiger partial charge in [0.15, 0.2) is 9.84 Å². The number of pyridine rings is 1. The standard InChI is InChI=1S/C10H14ClNO3S/c1-7-3-9(4-12-10(7)11)6-16(14,15)5-8(2)13/h3-4,8,13H,5-6H2,1-2H3. The molecular weight excluding hydrogens is 250 g/mol. The Labute approximate surface area is 100 Å². The Kier molecular flexibility index (Phi) is 4.29. The summed E-state index contributed by atoms with van der Waals surface area (Å²) in [6.45, 7) is 3.21. The molecule has 6 heteroatoms. The lowest BCUT2D eigenvalue weighted by atomic mass is 10.2. The molecule has 1 rings (SSSR count). The second-order valence-electron chi connectivity index (χ2n) is 3.85. The number of aryl methyl sites for hydroxylation is 1. The predicted molar refractivity (Wildman–Crippen MR) is 63.2 cm³/mol. The zero-order valence-corrected chi connectivity index (χ0v) is 10.7. The molecule has 4 nitrogen and oxygen atoms in total. The van der Waals surface area contributed by atoms with Gasteiger partial charge in [-0.3, -0.25) is 0 Å². The van der Waals surface area contributed by atoms with E-state index in [-0.39, 0.29) is 11.5 Å². The van der Waals surface area contributed by atoms with Gasteiger partial charge in [-0.2, -0.15) is 0 Å². The summed E-state index contributed by atoms with van der Waals surface area (Å²) in [4.78, 5) is 3.88. The third-order valence-corrected chi connectivity index (χ3v) is 4.11. The number of hydrogen-bond acceptors (Lipinski definition) is 4. The van der Waals surface area contributed by atoms with Gasteiger partial charge in [0.1, 0.15) is 5.15 Å². The van der Waals surface area contributed by atoms with Crippen molar-refractivity contribution in [2.45, 2.75) is 25.7 Å². The fourth-order valence-corrected chi connectivity index (χ4v) is 3.00. The molecule has 1 N–H and O–H groups in total. The Morgan fingerprint density at radius 2 is 2.19 bits per heavy atom. The first-order chi connectivity index (χ1) is 7.30. The minimum absolute atomic E-state index is 0.122. The first-order valence-corrected chi connectivity index (χ1v) is 6.99. The highest BCUT2D eigenvalue weighted by Gasteiger charge is 2.15. The first-order valence-electron chi connectivity index (χ1n) is 4.79. The van der Waals surface area contributed by atoms with Crippen LogP contribution in [0.3, 0.4) is 0 Å². The van der Waals surface area contributed by atoms with Gasteiger partial charge in [0.2, 0.25) is 0 Å². The Bertz CT molecular complexity index is 471. The number of aliphatic hydroxyl groups is 1. The molecule has 0 radical (unpaired) electrons. The van der Waals surface area contributed by atoms with Crippen LogP contribution in [-0.2, 0) is 15.6 Å². The molecule has 90 valence electrons. The largest absolute Gasteiger partial charge is 0.392 e. The van der Waals surface area contributed by atoms with Crippen molar-refractivity contribution in [1.29, 1.82) is 0 Å². The molecule has 0 saturated carbocycles. The second-order valence-corrected chi connectivity index (χ2v) is 6.32. The van der Waals surface area contributed by atoms with Gasteiger partial charge in [0, 0.05) is 6.20 Å². The van der Waals surface area contributed by atoms with Crippen LogP contribution in [0.15, 0.2) is 12.3 Å². The Hall–Kier alpha value is -0.650. The van der Waals surface area contributed by atoms with E-state index in [0.717, 1.165) is 5.56 Å². The van der Waals surface area contributed by atoms with Crippen LogP contribution in [0.25, 0.3) is 0 Å². The average Bonchev–Trinajstić information content (AvgIpc) is 2.08. The van der Waals surface area contributed by atoms with Crippen molar-refractivity contribution in [2.24, 2.45) is 0 Å². The van der Waals surface area contributed by atoms with Gasteiger partial charge >= 0.3 is 0 Å². The summed E-state index contributed by atoms with van der Waals surface area (Å²) in [6, 6.07) is 1.69. The van der Waals surface area contributed by atoms with E-state index in [1.807, 2.05) is 0 Å². The van der Waals surface area contributed by atoms with Crippen molar-refractivity contribution in [3.8, 4) is 0 Å². The van der Waals surface area contributed by atoms with E-state index in [2.05, 4.69) is 4.98 Å². The fraction of sp³-hybridized carbons (Fsp3) is 0.500. The molecule has 16 heavy (non-hydrogen) atoms. The number of aliphatic hydroxyl groups excluding tert-OH is 1. The van der Waals surface area contributed by atoms with Crippen LogP contribution in [-0.4, -0.2) is 30.4 Å². The molecular formula is C10H14ClNO3S. The summed E-state index contributed by atoms with van der Waals surface area (Å²) in [5.74, 6) is -0.364. The molecule has 0 aliphatic rings. The highest BCUT2D eigenvalue weighted by Crippen LogP contribution is 2.15. The summed E-state index contributed by atoms with van der Waals surface area (Å²) >= 11 is 5.74. The van der Waals surface area contributed by atoms with Crippen LogP contribution in [0.5, 0.6) is 0 Å². The van der Waals surface area contributed by atoms with Crippen molar-refractivity contribution < 1.29 is 13.5 Å². The van der Waals surface area contributed by atoms with E-state index in [9.17, 15) is 8.42 Å². The van der Waals surface area contributed by atoms with E-state index < -0.39 is 15.9 Å². The van der Waals surface area contributed by atoms with Gasteiger partial charge in [-0.15, -0.1) is 0 Å². The topological polar surface area (TPSA) is 67.3 Å². The molecule has 0 spiro atoms. The van der Waals surface area contributed by atoms with Crippen molar-refractivity contribution >= 4 is 21.4 Å². The minimum Gasteiger partial charge on any atom is -0.392 e. The van der Waals surface area contributed by atoms with E-state index in [1.54, 1.807) is 13.0 Å². The lowest BCUT2D eigenvalue weighted by Crippen LogP contribution is -2.19. The molecule has 1 aromatic heterocycles. The molecule has 0 aliphatic heterocycles. The van der Waals surface area contributed by atoms with Gasteiger partial charge in [-0.25, -0.2) is 13.4 Å². The maximum absolute atomic E-state index is 11.6. The maximum Gasteiger partial charge on any atom is 0.157 e. The molecule has 0 bridgehead atoms. The van der Waals surface area contributed by atoms with E-state index in [0.29, 0.717) is 10.7 Å². The summed E-state index contributed by atoms with van der Waals surface area (Å²) in [6.07, 6.45) is 0.584. The molecule has 1 aromatic rings. The lowest BCUT2D eigenvalue weighted by Gasteiger charge is -2.07. The van der Waals surface area contributed by atoms with Crippen LogP contribution < -0.4 is 0 Å². The summed E-state index contributed by atoms with van der Waals surface area (Å²) in [7, 11) is -3.30. The Morgan fingerprint density at radius 3 is 2.69 bits per heavy atom. The number of halogens is 1. The van der Waals surface area contributed by atoms with Gasteiger partial charge in [-0.1, -0.05) is 17.7 Å². The van der Waals surface area contributed by atoms with E-state index >= 15 is 0 Å². The van der Waals surface area contributed by atoms with Gasteiger partial charge in [-0.05, 0) is 25.0 Å².